The fourth-order valence-electron chi connectivity index (χ4n) is 4.16. The third kappa shape index (κ3) is 6.30. The molecule has 0 radical (unpaired) electrons. The Morgan fingerprint density at radius 3 is 2.06 bits per heavy atom. The van der Waals surface area contributed by atoms with Crippen LogP contribution >= 0.6 is 0 Å². The molecule has 0 spiro atoms. The summed E-state index contributed by atoms with van der Waals surface area (Å²) in [5.41, 5.74) is 4.75. The van der Waals surface area contributed by atoms with E-state index >= 15 is 0 Å². The topological polar surface area (TPSA) is 64.6 Å². The van der Waals surface area contributed by atoms with Crippen LogP contribution in [0.3, 0.4) is 0 Å². The van der Waals surface area contributed by atoms with E-state index in [4.69, 9.17) is 9.47 Å². The van der Waals surface area contributed by atoms with Gasteiger partial charge in [0.05, 0.1) is 6.42 Å². The monoisotopic (exact) mass is 467 g/mol. The Bertz CT molecular complexity index is 1220. The van der Waals surface area contributed by atoms with Crippen molar-refractivity contribution >= 4 is 12.1 Å². The largest absolute Gasteiger partial charge is 0.460 e. The minimum atomic E-state index is -0.749. The van der Waals surface area contributed by atoms with Gasteiger partial charge in [0, 0.05) is 11.5 Å². The van der Waals surface area contributed by atoms with Gasteiger partial charge in [0.2, 0.25) is 0 Å². The molecule has 0 bridgehead atoms. The summed E-state index contributed by atoms with van der Waals surface area (Å²) in [5.74, 6) is 5.50. The van der Waals surface area contributed by atoms with Gasteiger partial charge in [-0.05, 0) is 55.2 Å². The number of alkyl carbamates (subject to hydrolysis) is 1. The third-order valence-corrected chi connectivity index (χ3v) is 5.59. The number of hydrogen-bond donors (Lipinski definition) is 1. The summed E-state index contributed by atoms with van der Waals surface area (Å²) in [6.45, 7) is 5.59. The number of nitrogens with one attached hydrogen (secondary N) is 1. The molecule has 1 aliphatic carbocycles. The summed E-state index contributed by atoms with van der Waals surface area (Å²) in [6.07, 6.45) is -0.704. The van der Waals surface area contributed by atoms with Crippen molar-refractivity contribution in [2.45, 2.75) is 44.8 Å². The quantitative estimate of drug-likeness (QED) is 0.387. The minimum Gasteiger partial charge on any atom is -0.460 e. The van der Waals surface area contributed by atoms with Crippen LogP contribution in [0, 0.1) is 11.8 Å². The first-order chi connectivity index (χ1) is 16.8. The lowest BCUT2D eigenvalue weighted by atomic mass is 9.98. The number of carbonyl (C=O) groups is 2. The van der Waals surface area contributed by atoms with Crippen LogP contribution in [0.25, 0.3) is 11.1 Å². The molecule has 1 N–H and O–H groups in total. The van der Waals surface area contributed by atoms with Crippen molar-refractivity contribution in [2.24, 2.45) is 0 Å². The molecule has 0 aliphatic heterocycles. The Balaban J connectivity index is 1.45. The van der Waals surface area contributed by atoms with Gasteiger partial charge in [0.15, 0.2) is 0 Å². The average Bonchev–Trinajstić information content (AvgIpc) is 3.14. The second-order valence-electron chi connectivity index (χ2n) is 9.45. The average molecular weight is 468 g/mol. The smallest absolute Gasteiger partial charge is 0.408 e. The van der Waals surface area contributed by atoms with Gasteiger partial charge in [0.1, 0.15) is 18.2 Å². The van der Waals surface area contributed by atoms with Crippen molar-refractivity contribution in [3.8, 4) is 23.0 Å². The molecule has 1 atom stereocenters. The Hall–Kier alpha value is -4.04. The van der Waals surface area contributed by atoms with E-state index in [-0.39, 0.29) is 18.9 Å². The minimum absolute atomic E-state index is 0.0483. The molecule has 0 heterocycles. The SMILES string of the molecule is CC(C)(C)OC(=O)C[C@@H](C#Cc1ccccc1)NC(=O)OCC1c2ccccc2-c2ccccc21. The molecule has 0 fully saturated rings. The number of amides is 1. The molecule has 5 nitrogen and oxygen atoms in total. The zero-order chi connectivity index (χ0) is 24.8. The van der Waals surface area contributed by atoms with Gasteiger partial charge in [0.25, 0.3) is 0 Å². The van der Waals surface area contributed by atoms with Crippen LogP contribution in [0.1, 0.15) is 49.8 Å². The lowest BCUT2D eigenvalue weighted by molar-refractivity contribution is -0.155. The Morgan fingerprint density at radius 2 is 1.46 bits per heavy atom. The summed E-state index contributed by atoms with van der Waals surface area (Å²) in [6, 6.07) is 25.0. The Kier molecular flexibility index (Phi) is 7.22. The number of ether oxygens (including phenoxy) is 2. The van der Waals surface area contributed by atoms with E-state index in [0.29, 0.717) is 0 Å². The van der Waals surface area contributed by atoms with Crippen molar-refractivity contribution < 1.29 is 19.1 Å². The van der Waals surface area contributed by atoms with Gasteiger partial charge in [-0.3, -0.25) is 4.79 Å². The van der Waals surface area contributed by atoms with Crippen LogP contribution in [-0.4, -0.2) is 30.3 Å². The number of benzene rings is 3. The van der Waals surface area contributed by atoms with Crippen molar-refractivity contribution in [1.82, 2.24) is 5.32 Å². The maximum Gasteiger partial charge on any atom is 0.408 e. The third-order valence-electron chi connectivity index (χ3n) is 5.59. The van der Waals surface area contributed by atoms with Crippen molar-refractivity contribution in [1.29, 1.82) is 0 Å². The number of esters is 1. The van der Waals surface area contributed by atoms with Crippen molar-refractivity contribution in [2.75, 3.05) is 6.61 Å². The fourth-order valence-corrected chi connectivity index (χ4v) is 4.16. The van der Waals surface area contributed by atoms with E-state index in [0.717, 1.165) is 27.8 Å². The highest BCUT2D eigenvalue weighted by atomic mass is 16.6. The molecule has 0 saturated heterocycles. The molecular weight excluding hydrogens is 438 g/mol. The molecule has 1 aliphatic rings. The molecular formula is C30H29NO4. The molecule has 178 valence electrons. The van der Waals surface area contributed by atoms with E-state index in [1.54, 1.807) is 20.8 Å². The summed E-state index contributed by atoms with van der Waals surface area (Å²) >= 11 is 0. The predicted octanol–water partition coefficient (Wildman–Crippen LogP) is 5.68. The van der Waals surface area contributed by atoms with Crippen molar-refractivity contribution in [3.05, 3.63) is 95.6 Å². The second kappa shape index (κ2) is 10.5. The molecule has 35 heavy (non-hydrogen) atoms. The first kappa shape index (κ1) is 24.1. The summed E-state index contributed by atoms with van der Waals surface area (Å²) in [4.78, 5) is 25.2. The normalized spacial score (nSPS) is 13.0. The van der Waals surface area contributed by atoms with Gasteiger partial charge < -0.3 is 14.8 Å². The second-order valence-corrected chi connectivity index (χ2v) is 9.45. The summed E-state index contributed by atoms with van der Waals surface area (Å²) in [5, 5.41) is 2.74. The highest BCUT2D eigenvalue weighted by Gasteiger charge is 2.29. The van der Waals surface area contributed by atoms with E-state index in [9.17, 15) is 9.59 Å². The Morgan fingerprint density at radius 1 is 0.886 bits per heavy atom. The van der Waals surface area contributed by atoms with Gasteiger partial charge in [-0.15, -0.1) is 0 Å². The molecule has 0 saturated carbocycles. The van der Waals surface area contributed by atoms with E-state index in [1.807, 2.05) is 54.6 Å². The van der Waals surface area contributed by atoms with Crippen LogP contribution in [0.2, 0.25) is 0 Å². The molecule has 5 heteroatoms. The molecule has 1 amide bonds. The van der Waals surface area contributed by atoms with E-state index in [1.165, 1.54) is 0 Å². The van der Waals surface area contributed by atoms with Crippen LogP contribution in [0.5, 0.6) is 0 Å². The fraction of sp³-hybridized carbons (Fsp3) is 0.267. The predicted molar refractivity (Wildman–Crippen MR) is 136 cm³/mol. The maximum atomic E-state index is 12.8. The lowest BCUT2D eigenvalue weighted by Crippen LogP contribution is -2.38. The first-order valence-corrected chi connectivity index (χ1v) is 11.7. The first-order valence-electron chi connectivity index (χ1n) is 11.7. The van der Waals surface area contributed by atoms with Crippen molar-refractivity contribution in [3.63, 3.8) is 0 Å². The number of hydrogen-bond acceptors (Lipinski definition) is 4. The summed E-state index contributed by atoms with van der Waals surface area (Å²) < 4.78 is 11.1. The highest BCUT2D eigenvalue weighted by molar-refractivity contribution is 5.79. The van der Waals surface area contributed by atoms with Crippen LogP contribution in [0.4, 0.5) is 4.79 Å². The highest BCUT2D eigenvalue weighted by Crippen LogP contribution is 2.44. The zero-order valence-electron chi connectivity index (χ0n) is 20.2. The van der Waals surface area contributed by atoms with E-state index < -0.39 is 23.7 Å². The molecule has 0 unspecified atom stereocenters. The van der Waals surface area contributed by atoms with Crippen LogP contribution in [-0.2, 0) is 14.3 Å². The zero-order valence-corrected chi connectivity index (χ0v) is 20.2. The molecule has 4 rings (SSSR count). The van der Waals surface area contributed by atoms with Gasteiger partial charge in [-0.2, -0.15) is 0 Å². The number of carbonyl (C=O) groups excluding carboxylic acids is 2. The van der Waals surface area contributed by atoms with Crippen LogP contribution < -0.4 is 5.32 Å². The van der Waals surface area contributed by atoms with Crippen LogP contribution in [0.15, 0.2) is 78.9 Å². The lowest BCUT2D eigenvalue weighted by Gasteiger charge is -2.21. The molecule has 3 aromatic rings. The molecule has 3 aromatic carbocycles. The Labute approximate surface area is 206 Å². The maximum absolute atomic E-state index is 12.8. The van der Waals surface area contributed by atoms with Gasteiger partial charge >= 0.3 is 12.1 Å². The van der Waals surface area contributed by atoms with Gasteiger partial charge in [-0.25, -0.2) is 4.79 Å². The number of rotatable bonds is 5. The number of fused-ring (bicyclic) bond motifs is 3. The summed E-state index contributed by atoms with van der Waals surface area (Å²) in [7, 11) is 0. The molecule has 0 aromatic heterocycles. The van der Waals surface area contributed by atoms with Gasteiger partial charge in [-0.1, -0.05) is 78.6 Å². The standard InChI is InChI=1S/C30H29NO4/c1-30(2,3)35-28(32)19-22(18-17-21-11-5-4-6-12-21)31-29(33)34-20-27-25-15-9-7-13-23(25)24-14-8-10-16-26(24)27/h4-16,22,27H,19-20H2,1-3H3,(H,31,33)/t22-/m1/s1. The van der Waals surface area contributed by atoms with E-state index in [2.05, 4.69) is 41.4 Å².